The summed E-state index contributed by atoms with van der Waals surface area (Å²) >= 11 is 1.02. The Morgan fingerprint density at radius 3 is 2.54 bits per heavy atom. The van der Waals surface area contributed by atoms with Gasteiger partial charge in [0.05, 0.1) is 13.2 Å². The van der Waals surface area contributed by atoms with E-state index in [-0.39, 0.29) is 11.4 Å². The molecule has 0 unspecified atom stereocenters. The third-order valence-corrected chi connectivity index (χ3v) is 5.33. The lowest BCUT2D eigenvalue weighted by Gasteiger charge is -2.28. The number of aryl methyl sites for hydroxylation is 1. The molecule has 150 valence electrons. The molecule has 1 fully saturated rings. The molecule has 8 nitrogen and oxygen atoms in total. The zero-order chi connectivity index (χ0) is 20.1. The molecule has 0 saturated carbocycles. The normalized spacial score (nSPS) is 15.1. The van der Waals surface area contributed by atoms with Crippen LogP contribution >= 0.6 is 11.3 Å². The summed E-state index contributed by atoms with van der Waals surface area (Å²) < 4.78 is 11.8. The predicted octanol–water partition coefficient (Wildman–Crippen LogP) is 1.63. The number of benzene rings is 1. The monoisotopic (exact) mass is 405 g/mol. The SMILES string of the molecule is Cc1csc(=O)n1CC(=O)O[C@H](C)C(=O)Nc1ccc(N2CCOCC2)cc1. The number of morpholine rings is 1. The summed E-state index contributed by atoms with van der Waals surface area (Å²) in [5.74, 6) is -1.06. The van der Waals surface area contributed by atoms with Crippen molar-refractivity contribution in [1.82, 2.24) is 4.57 Å². The first-order chi connectivity index (χ1) is 13.4. The van der Waals surface area contributed by atoms with Crippen LogP contribution in [0.2, 0.25) is 0 Å². The van der Waals surface area contributed by atoms with E-state index in [1.807, 2.05) is 24.3 Å². The van der Waals surface area contributed by atoms with Crippen LogP contribution in [0.25, 0.3) is 0 Å². The van der Waals surface area contributed by atoms with Gasteiger partial charge < -0.3 is 19.7 Å². The van der Waals surface area contributed by atoms with Gasteiger partial charge in [-0.15, -0.1) is 0 Å². The molecule has 0 bridgehead atoms. The standard InChI is InChI=1S/C19H23N3O5S/c1-13-12-28-19(25)22(13)11-17(23)27-14(2)18(24)20-15-3-5-16(6-4-15)21-7-9-26-10-8-21/h3-6,12,14H,7-11H2,1-2H3,(H,20,24)/t14-/m1/s1. The molecular weight excluding hydrogens is 382 g/mol. The Bertz CT molecular complexity index is 884. The number of anilines is 2. The minimum absolute atomic E-state index is 0.208. The molecule has 1 saturated heterocycles. The summed E-state index contributed by atoms with van der Waals surface area (Å²) in [6, 6.07) is 7.49. The molecule has 0 aliphatic carbocycles. The molecule has 0 radical (unpaired) electrons. The first-order valence-corrected chi connectivity index (χ1v) is 9.90. The van der Waals surface area contributed by atoms with Gasteiger partial charge in [-0.05, 0) is 38.1 Å². The van der Waals surface area contributed by atoms with Gasteiger partial charge in [-0.2, -0.15) is 0 Å². The topological polar surface area (TPSA) is 89.9 Å². The number of esters is 1. The van der Waals surface area contributed by atoms with Gasteiger partial charge in [-0.3, -0.25) is 19.0 Å². The van der Waals surface area contributed by atoms with E-state index < -0.39 is 18.0 Å². The number of thiazole rings is 1. The van der Waals surface area contributed by atoms with Gasteiger partial charge in [0, 0.05) is 35.5 Å². The van der Waals surface area contributed by atoms with Crippen LogP contribution in [0.1, 0.15) is 12.6 Å². The van der Waals surface area contributed by atoms with Crippen LogP contribution in [-0.2, 0) is 25.6 Å². The van der Waals surface area contributed by atoms with E-state index in [9.17, 15) is 14.4 Å². The van der Waals surface area contributed by atoms with Crippen LogP contribution < -0.4 is 15.1 Å². The molecule has 1 amide bonds. The van der Waals surface area contributed by atoms with Crippen LogP contribution in [0.5, 0.6) is 0 Å². The van der Waals surface area contributed by atoms with Gasteiger partial charge in [0.25, 0.3) is 5.91 Å². The van der Waals surface area contributed by atoms with Crippen molar-refractivity contribution >= 4 is 34.6 Å². The van der Waals surface area contributed by atoms with E-state index in [0.29, 0.717) is 24.6 Å². The zero-order valence-corrected chi connectivity index (χ0v) is 16.7. The minimum atomic E-state index is -0.971. The number of ether oxygens (including phenoxy) is 2. The summed E-state index contributed by atoms with van der Waals surface area (Å²) in [7, 11) is 0. The number of hydrogen-bond donors (Lipinski definition) is 1. The Morgan fingerprint density at radius 1 is 1.25 bits per heavy atom. The number of aromatic nitrogens is 1. The largest absolute Gasteiger partial charge is 0.451 e. The Labute approximate surface area is 166 Å². The zero-order valence-electron chi connectivity index (χ0n) is 15.8. The van der Waals surface area contributed by atoms with E-state index in [0.717, 1.165) is 30.1 Å². The number of carbonyl (C=O) groups excluding carboxylic acids is 2. The number of nitrogens with zero attached hydrogens (tertiary/aromatic N) is 2. The molecule has 1 aromatic carbocycles. The average Bonchev–Trinajstić information content (AvgIpc) is 3.01. The lowest BCUT2D eigenvalue weighted by Crippen LogP contribution is -2.36. The van der Waals surface area contributed by atoms with Gasteiger partial charge in [0.15, 0.2) is 6.10 Å². The third-order valence-electron chi connectivity index (χ3n) is 4.45. The molecule has 0 spiro atoms. The minimum Gasteiger partial charge on any atom is -0.451 e. The van der Waals surface area contributed by atoms with Crippen LogP contribution in [0.15, 0.2) is 34.4 Å². The summed E-state index contributed by atoms with van der Waals surface area (Å²) in [5.41, 5.74) is 2.37. The van der Waals surface area contributed by atoms with Crippen molar-refractivity contribution in [3.63, 3.8) is 0 Å². The number of amides is 1. The average molecular weight is 405 g/mol. The van der Waals surface area contributed by atoms with E-state index in [1.54, 1.807) is 12.3 Å². The Balaban J connectivity index is 1.52. The van der Waals surface area contributed by atoms with Gasteiger partial charge in [-0.25, -0.2) is 0 Å². The van der Waals surface area contributed by atoms with Crippen molar-refractivity contribution in [2.75, 3.05) is 36.5 Å². The number of nitrogens with one attached hydrogen (secondary N) is 1. The summed E-state index contributed by atoms with van der Waals surface area (Å²) in [5, 5.41) is 4.41. The van der Waals surface area contributed by atoms with Gasteiger partial charge in [0.2, 0.25) is 0 Å². The molecule has 3 rings (SSSR count). The molecule has 1 aliphatic rings. The Hall–Kier alpha value is -2.65. The van der Waals surface area contributed by atoms with Crippen LogP contribution in [-0.4, -0.2) is 48.9 Å². The van der Waals surface area contributed by atoms with Crippen LogP contribution in [0, 0.1) is 6.92 Å². The molecule has 1 atom stereocenters. The molecule has 1 N–H and O–H groups in total. The highest BCUT2D eigenvalue weighted by atomic mass is 32.1. The second kappa shape index (κ2) is 9.03. The van der Waals surface area contributed by atoms with Crippen molar-refractivity contribution in [2.24, 2.45) is 0 Å². The molecule has 28 heavy (non-hydrogen) atoms. The Morgan fingerprint density at radius 2 is 1.93 bits per heavy atom. The second-order valence-corrected chi connectivity index (χ2v) is 7.32. The van der Waals surface area contributed by atoms with E-state index in [4.69, 9.17) is 9.47 Å². The number of carbonyl (C=O) groups is 2. The Kier molecular flexibility index (Phi) is 6.48. The molecule has 1 aliphatic heterocycles. The summed E-state index contributed by atoms with van der Waals surface area (Å²) in [6.07, 6.45) is -0.971. The van der Waals surface area contributed by atoms with Crippen molar-refractivity contribution in [3.8, 4) is 0 Å². The smallest absolute Gasteiger partial charge is 0.326 e. The maximum atomic E-state index is 12.3. The van der Waals surface area contributed by atoms with Crippen molar-refractivity contribution in [2.45, 2.75) is 26.5 Å². The highest BCUT2D eigenvalue weighted by molar-refractivity contribution is 7.07. The first kappa shape index (κ1) is 20.1. The van der Waals surface area contributed by atoms with E-state index in [1.165, 1.54) is 11.5 Å². The first-order valence-electron chi connectivity index (χ1n) is 9.02. The molecule has 1 aromatic heterocycles. The molecule has 2 aromatic rings. The predicted molar refractivity (Wildman–Crippen MR) is 107 cm³/mol. The lowest BCUT2D eigenvalue weighted by molar-refractivity contribution is -0.153. The fourth-order valence-corrected chi connectivity index (χ4v) is 3.57. The maximum absolute atomic E-state index is 12.3. The number of rotatable bonds is 6. The van der Waals surface area contributed by atoms with E-state index in [2.05, 4.69) is 10.2 Å². The quantitative estimate of drug-likeness (QED) is 0.735. The van der Waals surface area contributed by atoms with Crippen molar-refractivity contribution < 1.29 is 19.1 Å². The summed E-state index contributed by atoms with van der Waals surface area (Å²) in [4.78, 5) is 38.0. The molecule has 9 heteroatoms. The van der Waals surface area contributed by atoms with Gasteiger partial charge in [0.1, 0.15) is 6.54 Å². The lowest BCUT2D eigenvalue weighted by atomic mass is 10.2. The van der Waals surface area contributed by atoms with Gasteiger partial charge >= 0.3 is 10.8 Å². The third kappa shape index (κ3) is 4.99. The highest BCUT2D eigenvalue weighted by Gasteiger charge is 2.19. The van der Waals surface area contributed by atoms with Crippen LogP contribution in [0.3, 0.4) is 0 Å². The summed E-state index contributed by atoms with van der Waals surface area (Å²) in [6.45, 7) is 6.12. The maximum Gasteiger partial charge on any atom is 0.326 e. The molecule has 2 heterocycles. The van der Waals surface area contributed by atoms with Crippen molar-refractivity contribution in [1.29, 1.82) is 0 Å². The molecular formula is C19H23N3O5S. The second-order valence-electron chi connectivity index (χ2n) is 6.50. The van der Waals surface area contributed by atoms with Gasteiger partial charge in [-0.1, -0.05) is 11.3 Å². The fourth-order valence-electron chi connectivity index (χ4n) is 2.83. The van der Waals surface area contributed by atoms with Crippen molar-refractivity contribution in [3.05, 3.63) is 45.0 Å². The fraction of sp³-hybridized carbons (Fsp3) is 0.421. The highest BCUT2D eigenvalue weighted by Crippen LogP contribution is 2.19. The number of hydrogen-bond acceptors (Lipinski definition) is 7. The van der Waals surface area contributed by atoms with Crippen LogP contribution in [0.4, 0.5) is 11.4 Å². The van der Waals surface area contributed by atoms with E-state index >= 15 is 0 Å².